The predicted octanol–water partition coefficient (Wildman–Crippen LogP) is 1.09. The van der Waals surface area contributed by atoms with E-state index in [4.69, 9.17) is 0 Å². The number of hydrogen-bond acceptors (Lipinski definition) is 3. The number of amides is 2. The lowest BCUT2D eigenvalue weighted by Crippen LogP contribution is -2.52. The van der Waals surface area contributed by atoms with Crippen molar-refractivity contribution in [2.45, 2.75) is 45.6 Å². The third-order valence-corrected chi connectivity index (χ3v) is 5.42. The van der Waals surface area contributed by atoms with Gasteiger partial charge in [0.25, 0.3) is 0 Å². The molecule has 0 aromatic rings. The number of carbonyl (C=O) groups excluding carboxylic acids is 2. The highest BCUT2D eigenvalue weighted by Gasteiger charge is 2.42. The van der Waals surface area contributed by atoms with Crippen molar-refractivity contribution >= 4 is 11.8 Å². The Balaban J connectivity index is 1.71. The quantitative estimate of drug-likeness (QED) is 0.846. The van der Waals surface area contributed by atoms with E-state index in [2.05, 4.69) is 19.2 Å². The van der Waals surface area contributed by atoms with E-state index in [1.165, 1.54) is 0 Å². The minimum absolute atomic E-state index is 0.173. The van der Waals surface area contributed by atoms with Gasteiger partial charge in [0.05, 0.1) is 0 Å². The van der Waals surface area contributed by atoms with E-state index in [0.29, 0.717) is 24.2 Å². The molecule has 2 amide bonds. The Bertz CT molecular complexity index is 426. The molecule has 0 aromatic carbocycles. The maximum Gasteiger partial charge on any atom is 0.245 e. The molecular formula is C17H29N3O2. The average Bonchev–Trinajstić information content (AvgIpc) is 3.06. The molecule has 3 saturated heterocycles. The number of likely N-dealkylation sites (tertiary alicyclic amines) is 2. The summed E-state index contributed by atoms with van der Waals surface area (Å²) >= 11 is 0. The van der Waals surface area contributed by atoms with Crippen LogP contribution in [0.1, 0.15) is 39.5 Å². The van der Waals surface area contributed by atoms with Gasteiger partial charge in [0.15, 0.2) is 0 Å². The van der Waals surface area contributed by atoms with E-state index in [9.17, 15) is 9.59 Å². The second-order valence-corrected chi connectivity index (χ2v) is 7.61. The highest BCUT2D eigenvalue weighted by Crippen LogP contribution is 2.29. The zero-order chi connectivity index (χ0) is 15.7. The molecule has 0 aromatic heterocycles. The molecule has 0 saturated carbocycles. The molecule has 0 spiro atoms. The Hall–Kier alpha value is -1.10. The number of nitrogens with zero attached hydrogens (tertiary/aromatic N) is 2. The summed E-state index contributed by atoms with van der Waals surface area (Å²) in [4.78, 5) is 29.3. The largest absolute Gasteiger partial charge is 0.340 e. The summed E-state index contributed by atoms with van der Waals surface area (Å²) in [5.74, 6) is 2.01. The molecule has 5 nitrogen and oxygen atoms in total. The second-order valence-electron chi connectivity index (χ2n) is 7.61. The summed E-state index contributed by atoms with van der Waals surface area (Å²) in [5, 5.41) is 3.41. The monoisotopic (exact) mass is 307 g/mol. The fourth-order valence-electron chi connectivity index (χ4n) is 4.21. The van der Waals surface area contributed by atoms with Crippen LogP contribution >= 0.6 is 0 Å². The number of hydrogen-bond donors (Lipinski definition) is 1. The van der Waals surface area contributed by atoms with Gasteiger partial charge in [-0.1, -0.05) is 13.8 Å². The number of rotatable bonds is 4. The van der Waals surface area contributed by atoms with E-state index >= 15 is 0 Å². The molecule has 124 valence electrons. The molecule has 1 N–H and O–H groups in total. The summed E-state index contributed by atoms with van der Waals surface area (Å²) in [6.07, 6.45) is 3.39. The Labute approximate surface area is 133 Å². The molecule has 3 aliphatic heterocycles. The Morgan fingerprint density at radius 3 is 2.50 bits per heavy atom. The lowest BCUT2D eigenvalue weighted by atomic mass is 9.98. The van der Waals surface area contributed by atoms with Crippen LogP contribution in [0.15, 0.2) is 0 Å². The van der Waals surface area contributed by atoms with Crippen LogP contribution < -0.4 is 5.32 Å². The summed E-state index contributed by atoms with van der Waals surface area (Å²) in [7, 11) is 0. The van der Waals surface area contributed by atoms with Crippen molar-refractivity contribution in [3.8, 4) is 0 Å². The van der Waals surface area contributed by atoms with Gasteiger partial charge < -0.3 is 15.1 Å². The van der Waals surface area contributed by atoms with Crippen LogP contribution in [0.25, 0.3) is 0 Å². The topological polar surface area (TPSA) is 52.7 Å². The lowest BCUT2D eigenvalue weighted by molar-refractivity contribution is -0.147. The molecule has 3 atom stereocenters. The lowest BCUT2D eigenvalue weighted by Gasteiger charge is -2.36. The van der Waals surface area contributed by atoms with Crippen molar-refractivity contribution in [3.63, 3.8) is 0 Å². The highest BCUT2D eigenvalue weighted by atomic mass is 16.2. The minimum atomic E-state index is -0.236. The van der Waals surface area contributed by atoms with Crippen molar-refractivity contribution in [1.82, 2.24) is 15.1 Å². The molecule has 0 aliphatic carbocycles. The SMILES string of the molecule is CC(C)CC(C(=O)N1C[C@H]2CNC[C@H]2C1)N1CCCCC1=O. The van der Waals surface area contributed by atoms with Crippen molar-refractivity contribution in [1.29, 1.82) is 0 Å². The number of nitrogens with one attached hydrogen (secondary N) is 1. The minimum Gasteiger partial charge on any atom is -0.340 e. The molecule has 3 fully saturated rings. The first-order chi connectivity index (χ1) is 10.6. The average molecular weight is 307 g/mol. The van der Waals surface area contributed by atoms with Gasteiger partial charge >= 0.3 is 0 Å². The van der Waals surface area contributed by atoms with Crippen molar-refractivity contribution in [2.75, 3.05) is 32.7 Å². The van der Waals surface area contributed by atoms with Crippen molar-refractivity contribution in [3.05, 3.63) is 0 Å². The number of piperidine rings is 1. The van der Waals surface area contributed by atoms with Gasteiger partial charge in [-0.3, -0.25) is 9.59 Å². The van der Waals surface area contributed by atoms with Gasteiger partial charge in [0.1, 0.15) is 6.04 Å². The van der Waals surface area contributed by atoms with Crippen molar-refractivity contribution in [2.24, 2.45) is 17.8 Å². The van der Waals surface area contributed by atoms with E-state index in [1.54, 1.807) is 0 Å². The Morgan fingerprint density at radius 2 is 1.91 bits per heavy atom. The van der Waals surface area contributed by atoms with Crippen LogP contribution in [0.3, 0.4) is 0 Å². The van der Waals surface area contributed by atoms with Crippen LogP contribution in [-0.2, 0) is 9.59 Å². The second kappa shape index (κ2) is 6.57. The van der Waals surface area contributed by atoms with Crippen LogP contribution in [0.2, 0.25) is 0 Å². The first kappa shape index (κ1) is 15.8. The third kappa shape index (κ3) is 3.14. The van der Waals surface area contributed by atoms with Gasteiger partial charge in [0.2, 0.25) is 11.8 Å². The van der Waals surface area contributed by atoms with Crippen LogP contribution in [0.4, 0.5) is 0 Å². The molecule has 3 rings (SSSR count). The highest BCUT2D eigenvalue weighted by molar-refractivity contribution is 5.88. The molecule has 1 unspecified atom stereocenters. The fraction of sp³-hybridized carbons (Fsp3) is 0.882. The van der Waals surface area contributed by atoms with Gasteiger partial charge in [0, 0.05) is 39.1 Å². The predicted molar refractivity (Wildman–Crippen MR) is 85.2 cm³/mol. The van der Waals surface area contributed by atoms with Gasteiger partial charge in [-0.15, -0.1) is 0 Å². The smallest absolute Gasteiger partial charge is 0.245 e. The standard InChI is InChI=1S/C17H29N3O2/c1-12(2)7-15(20-6-4-3-5-16(20)21)17(22)19-10-13-8-18-9-14(13)11-19/h12-15,18H,3-11H2,1-2H3/t13-,14+,15?. The van der Waals surface area contributed by atoms with Crippen LogP contribution in [0.5, 0.6) is 0 Å². The van der Waals surface area contributed by atoms with Crippen LogP contribution in [0, 0.1) is 17.8 Å². The molecular weight excluding hydrogens is 278 g/mol. The Kier molecular flexibility index (Phi) is 4.71. The summed E-state index contributed by atoms with van der Waals surface area (Å²) in [6, 6.07) is -0.236. The van der Waals surface area contributed by atoms with Crippen molar-refractivity contribution < 1.29 is 9.59 Å². The molecule has 0 bridgehead atoms. The fourth-order valence-corrected chi connectivity index (χ4v) is 4.21. The Morgan fingerprint density at radius 1 is 1.23 bits per heavy atom. The molecule has 3 heterocycles. The van der Waals surface area contributed by atoms with Gasteiger partial charge in [-0.05, 0) is 37.0 Å². The maximum atomic E-state index is 13.1. The molecule has 0 radical (unpaired) electrons. The summed E-state index contributed by atoms with van der Waals surface area (Å²) in [5.41, 5.74) is 0. The maximum absolute atomic E-state index is 13.1. The van der Waals surface area contributed by atoms with E-state index in [1.807, 2.05) is 9.80 Å². The summed E-state index contributed by atoms with van der Waals surface area (Å²) in [6.45, 7) is 8.83. The first-order valence-corrected chi connectivity index (χ1v) is 8.85. The summed E-state index contributed by atoms with van der Waals surface area (Å²) < 4.78 is 0. The zero-order valence-corrected chi connectivity index (χ0v) is 13.9. The molecule has 5 heteroatoms. The third-order valence-electron chi connectivity index (χ3n) is 5.42. The van der Waals surface area contributed by atoms with E-state index in [-0.39, 0.29) is 17.9 Å². The van der Waals surface area contributed by atoms with Crippen LogP contribution in [-0.4, -0.2) is 60.4 Å². The van der Waals surface area contributed by atoms with Gasteiger partial charge in [-0.25, -0.2) is 0 Å². The zero-order valence-electron chi connectivity index (χ0n) is 13.9. The van der Waals surface area contributed by atoms with Gasteiger partial charge in [-0.2, -0.15) is 0 Å². The van der Waals surface area contributed by atoms with E-state index < -0.39 is 0 Å². The normalized spacial score (nSPS) is 30.0. The van der Waals surface area contributed by atoms with E-state index in [0.717, 1.165) is 52.0 Å². The number of fused-ring (bicyclic) bond motifs is 1. The molecule has 22 heavy (non-hydrogen) atoms. The molecule has 3 aliphatic rings. The first-order valence-electron chi connectivity index (χ1n) is 8.85. The number of carbonyl (C=O) groups is 2.